The second-order valence-corrected chi connectivity index (χ2v) is 7.09. The predicted molar refractivity (Wildman–Crippen MR) is 64.5 cm³/mol. The molecule has 0 atom stereocenters. The molecule has 0 unspecified atom stereocenters. The zero-order chi connectivity index (χ0) is 11.6. The van der Waals surface area contributed by atoms with E-state index >= 15 is 0 Å². The van der Waals surface area contributed by atoms with Crippen LogP contribution < -0.4 is 4.72 Å². The molecule has 1 aromatic heterocycles. The van der Waals surface area contributed by atoms with Gasteiger partial charge in [0, 0.05) is 11.6 Å². The molecule has 1 aromatic rings. The van der Waals surface area contributed by atoms with E-state index < -0.39 is 10.0 Å². The molecule has 0 fully saturated rings. The van der Waals surface area contributed by atoms with Gasteiger partial charge in [-0.3, -0.25) is 0 Å². The van der Waals surface area contributed by atoms with Crippen molar-refractivity contribution in [2.75, 3.05) is 6.54 Å². The number of rotatable bonds is 4. The van der Waals surface area contributed by atoms with Crippen molar-refractivity contribution in [1.82, 2.24) is 4.72 Å². The third kappa shape index (κ3) is 3.62. The molecule has 0 saturated heterocycles. The zero-order valence-corrected chi connectivity index (χ0v) is 11.2. The molecule has 3 nitrogen and oxygen atoms in total. The van der Waals surface area contributed by atoms with Crippen molar-refractivity contribution in [3.63, 3.8) is 0 Å². The minimum absolute atomic E-state index is 0.0444. The minimum Gasteiger partial charge on any atom is -0.207 e. The van der Waals surface area contributed by atoms with Gasteiger partial charge in [0.2, 0.25) is 10.0 Å². The van der Waals surface area contributed by atoms with Gasteiger partial charge in [0.15, 0.2) is 0 Å². The van der Waals surface area contributed by atoms with Crippen LogP contribution in [0.5, 0.6) is 0 Å². The third-order valence-corrected chi connectivity index (χ3v) is 4.66. The normalized spacial score (nSPS) is 11.7. The summed E-state index contributed by atoms with van der Waals surface area (Å²) in [5, 5.41) is 0.191. The molecule has 0 amide bonds. The van der Waals surface area contributed by atoms with Gasteiger partial charge in [0.05, 0.1) is 4.34 Å². The van der Waals surface area contributed by atoms with E-state index in [1.54, 1.807) is 0 Å². The lowest BCUT2D eigenvalue weighted by Gasteiger charge is -2.03. The van der Waals surface area contributed by atoms with Gasteiger partial charge >= 0.3 is 0 Å². The molecule has 0 aliphatic carbocycles. The molecule has 15 heavy (non-hydrogen) atoms. The highest BCUT2D eigenvalue weighted by molar-refractivity contribution is 7.89. The van der Waals surface area contributed by atoms with Gasteiger partial charge in [-0.1, -0.05) is 41.4 Å². The van der Waals surface area contributed by atoms with E-state index in [0.717, 1.165) is 11.3 Å². The highest BCUT2D eigenvalue weighted by atomic mass is 35.5. The fourth-order valence-electron chi connectivity index (χ4n) is 0.759. The zero-order valence-electron chi connectivity index (χ0n) is 7.26. The molecule has 0 radical (unpaired) electrons. The van der Waals surface area contributed by atoms with Gasteiger partial charge in [-0.05, 0) is 6.07 Å². The molecule has 0 saturated carbocycles. The monoisotopic (exact) mass is 305 g/mol. The number of halogens is 3. The van der Waals surface area contributed by atoms with Crippen molar-refractivity contribution in [2.24, 2.45) is 0 Å². The van der Waals surface area contributed by atoms with E-state index in [1.165, 1.54) is 6.07 Å². The summed E-state index contributed by atoms with van der Waals surface area (Å²) in [4.78, 5) is -0.0444. The van der Waals surface area contributed by atoms with Gasteiger partial charge in [0.1, 0.15) is 9.23 Å². The Kier molecular flexibility index (Phi) is 4.46. The van der Waals surface area contributed by atoms with Crippen LogP contribution >= 0.6 is 46.1 Å². The number of thiophene rings is 1. The largest absolute Gasteiger partial charge is 0.243 e. The molecule has 0 spiro atoms. The Labute approximate surface area is 107 Å². The number of hydrogen-bond acceptors (Lipinski definition) is 3. The summed E-state index contributed by atoms with van der Waals surface area (Å²) in [6, 6.07) is 1.29. The summed E-state index contributed by atoms with van der Waals surface area (Å²) in [6.45, 7) is 3.31. The Hall–Kier alpha value is 0.220. The molecule has 0 aliphatic rings. The molecule has 84 valence electrons. The summed E-state index contributed by atoms with van der Waals surface area (Å²) >= 11 is 17.8. The topological polar surface area (TPSA) is 46.2 Å². The summed E-state index contributed by atoms with van der Waals surface area (Å²) in [5.74, 6) is 0. The van der Waals surface area contributed by atoms with Crippen LogP contribution in [0.4, 0.5) is 0 Å². The standard InChI is InChI=1S/C7H6Cl3NO2S2/c1-4(8)3-11-15(12,13)5-2-6(9)14-7(5)10/h2,11H,1,3H2. The summed E-state index contributed by atoms with van der Waals surface area (Å²) in [7, 11) is -3.67. The molecule has 0 bridgehead atoms. The lowest BCUT2D eigenvalue weighted by Crippen LogP contribution is -2.24. The Morgan fingerprint density at radius 3 is 2.53 bits per heavy atom. The van der Waals surface area contributed by atoms with E-state index in [9.17, 15) is 8.42 Å². The molecule has 1 N–H and O–H groups in total. The van der Waals surface area contributed by atoms with Gasteiger partial charge in [-0.25, -0.2) is 13.1 Å². The van der Waals surface area contributed by atoms with Crippen molar-refractivity contribution in [3.05, 3.63) is 26.4 Å². The van der Waals surface area contributed by atoms with Gasteiger partial charge < -0.3 is 0 Å². The first-order valence-corrected chi connectivity index (χ1v) is 7.04. The number of nitrogens with one attached hydrogen (secondary N) is 1. The second-order valence-electron chi connectivity index (χ2n) is 2.53. The number of sulfonamides is 1. The van der Waals surface area contributed by atoms with Crippen molar-refractivity contribution in [3.8, 4) is 0 Å². The SMILES string of the molecule is C=C(Cl)CNS(=O)(=O)c1cc(Cl)sc1Cl. The van der Waals surface area contributed by atoms with Crippen LogP contribution in [-0.2, 0) is 10.0 Å². The van der Waals surface area contributed by atoms with Crippen LogP contribution in [0.15, 0.2) is 22.6 Å². The first kappa shape index (κ1) is 13.3. The van der Waals surface area contributed by atoms with Crippen molar-refractivity contribution in [1.29, 1.82) is 0 Å². The maximum absolute atomic E-state index is 11.6. The van der Waals surface area contributed by atoms with Crippen molar-refractivity contribution >= 4 is 56.2 Å². The minimum atomic E-state index is -3.67. The Bertz CT molecular complexity index is 480. The van der Waals surface area contributed by atoms with Crippen molar-refractivity contribution in [2.45, 2.75) is 4.90 Å². The molecule has 1 heterocycles. The van der Waals surface area contributed by atoms with Gasteiger partial charge in [-0.15, -0.1) is 11.3 Å². The van der Waals surface area contributed by atoms with Crippen LogP contribution in [0.2, 0.25) is 8.67 Å². The van der Waals surface area contributed by atoms with Crippen molar-refractivity contribution < 1.29 is 8.42 Å². The maximum Gasteiger partial charge on any atom is 0.243 e. The fraction of sp³-hybridized carbons (Fsp3) is 0.143. The van der Waals surface area contributed by atoms with Crippen LogP contribution in [0.3, 0.4) is 0 Å². The van der Waals surface area contributed by atoms with E-state index in [1.807, 2.05) is 0 Å². The first-order chi connectivity index (χ1) is 6.83. The fourth-order valence-corrected chi connectivity index (χ4v) is 4.08. The first-order valence-electron chi connectivity index (χ1n) is 3.60. The second kappa shape index (κ2) is 5.03. The number of hydrogen-bond donors (Lipinski definition) is 1. The molecular formula is C7H6Cl3NO2S2. The molecule has 0 aromatic carbocycles. The average molecular weight is 307 g/mol. The van der Waals surface area contributed by atoms with E-state index in [0.29, 0.717) is 4.34 Å². The van der Waals surface area contributed by atoms with E-state index in [2.05, 4.69) is 11.3 Å². The highest BCUT2D eigenvalue weighted by Crippen LogP contribution is 2.34. The predicted octanol–water partition coefficient (Wildman–Crippen LogP) is 3.09. The Balaban J connectivity index is 2.96. The quantitative estimate of drug-likeness (QED) is 0.929. The highest BCUT2D eigenvalue weighted by Gasteiger charge is 2.20. The van der Waals surface area contributed by atoms with Gasteiger partial charge in [0.25, 0.3) is 0 Å². The smallest absolute Gasteiger partial charge is 0.207 e. The summed E-state index contributed by atoms with van der Waals surface area (Å²) in [6.07, 6.45) is 0. The Morgan fingerprint density at radius 2 is 2.13 bits per heavy atom. The lowest BCUT2D eigenvalue weighted by atomic mass is 10.7. The van der Waals surface area contributed by atoms with Crippen LogP contribution in [-0.4, -0.2) is 15.0 Å². The summed E-state index contributed by atoms with van der Waals surface area (Å²) in [5.41, 5.74) is 0. The van der Waals surface area contributed by atoms with Crippen LogP contribution in [0.25, 0.3) is 0 Å². The van der Waals surface area contributed by atoms with Crippen LogP contribution in [0, 0.1) is 0 Å². The average Bonchev–Trinajstić information content (AvgIpc) is 2.43. The maximum atomic E-state index is 11.6. The van der Waals surface area contributed by atoms with Crippen LogP contribution in [0.1, 0.15) is 0 Å². The molecule has 1 rings (SSSR count). The lowest BCUT2D eigenvalue weighted by molar-refractivity contribution is 0.586. The third-order valence-electron chi connectivity index (χ3n) is 1.37. The van der Waals surface area contributed by atoms with Gasteiger partial charge in [-0.2, -0.15) is 0 Å². The summed E-state index contributed by atoms with van der Waals surface area (Å²) < 4.78 is 25.9. The molecule has 8 heteroatoms. The molecule has 0 aliphatic heterocycles. The Morgan fingerprint density at radius 1 is 1.53 bits per heavy atom. The van der Waals surface area contributed by atoms with E-state index in [4.69, 9.17) is 34.8 Å². The molecular weight excluding hydrogens is 301 g/mol. The van der Waals surface area contributed by atoms with E-state index in [-0.39, 0.29) is 20.8 Å².